The lowest BCUT2D eigenvalue weighted by Gasteiger charge is -2.29. The molecule has 1 rings (SSSR count). The summed E-state index contributed by atoms with van der Waals surface area (Å²) in [6.45, 7) is 0.648. The van der Waals surface area contributed by atoms with Crippen LogP contribution in [0.3, 0.4) is 0 Å². The van der Waals surface area contributed by atoms with Gasteiger partial charge in [-0.05, 0) is 0 Å². The molecule has 1 fully saturated rings. The number of carbonyl (C=O) groups is 4. The number of rotatable bonds is 8. The lowest BCUT2D eigenvalue weighted by molar-refractivity contribution is -0.139. The van der Waals surface area contributed by atoms with E-state index in [1.807, 2.05) is 0 Å². The first-order valence-electron chi connectivity index (χ1n) is 8.96. The smallest absolute Gasteiger partial charge is 0.304 e. The van der Waals surface area contributed by atoms with E-state index in [-0.39, 0.29) is 51.9 Å². The normalized spacial score (nSPS) is 27.1. The number of carboxylic acids is 4. The van der Waals surface area contributed by atoms with E-state index in [9.17, 15) is 19.2 Å². The maximum Gasteiger partial charge on any atom is 0.304 e. The van der Waals surface area contributed by atoms with Gasteiger partial charge in [-0.25, -0.2) is 0 Å². The first-order valence-corrected chi connectivity index (χ1v) is 8.96. The van der Waals surface area contributed by atoms with Crippen molar-refractivity contribution in [2.75, 3.05) is 26.2 Å². The van der Waals surface area contributed by atoms with E-state index >= 15 is 0 Å². The third-order valence-electron chi connectivity index (χ3n) is 4.30. The average Bonchev–Trinajstić information content (AvgIpc) is 2.55. The molecule has 0 unspecified atom stereocenters. The summed E-state index contributed by atoms with van der Waals surface area (Å²) in [5.41, 5.74) is 0. The molecule has 0 aliphatic carbocycles. The van der Waals surface area contributed by atoms with E-state index < -0.39 is 48.0 Å². The van der Waals surface area contributed by atoms with E-state index in [1.165, 1.54) is 0 Å². The van der Waals surface area contributed by atoms with Crippen molar-refractivity contribution < 1.29 is 39.6 Å². The molecule has 0 aromatic rings. The van der Waals surface area contributed by atoms with Crippen molar-refractivity contribution in [2.45, 2.75) is 49.9 Å². The Hall–Kier alpha value is -2.28. The van der Waals surface area contributed by atoms with Crippen molar-refractivity contribution in [3.8, 4) is 0 Å². The molecule has 1 aliphatic heterocycles. The molecule has 4 atom stereocenters. The first kappa shape index (κ1) is 23.8. The molecular formula is C16H28N4O8. The zero-order valence-corrected chi connectivity index (χ0v) is 15.4. The largest absolute Gasteiger partial charge is 0.481 e. The van der Waals surface area contributed by atoms with Crippen molar-refractivity contribution in [1.82, 2.24) is 21.3 Å². The van der Waals surface area contributed by atoms with E-state index in [0.29, 0.717) is 0 Å². The first-order chi connectivity index (χ1) is 13.2. The molecule has 0 aromatic carbocycles. The predicted octanol–water partition coefficient (Wildman–Crippen LogP) is -2.27. The van der Waals surface area contributed by atoms with Gasteiger partial charge >= 0.3 is 23.9 Å². The van der Waals surface area contributed by atoms with Gasteiger partial charge in [0, 0.05) is 50.3 Å². The summed E-state index contributed by atoms with van der Waals surface area (Å²) in [6, 6.07) is -2.11. The molecule has 8 N–H and O–H groups in total. The summed E-state index contributed by atoms with van der Waals surface area (Å²) < 4.78 is 0. The highest BCUT2D eigenvalue weighted by molar-refractivity contribution is 5.69. The molecule has 1 aliphatic rings. The van der Waals surface area contributed by atoms with Crippen LogP contribution in [0, 0.1) is 0 Å². The number of nitrogens with one attached hydrogen (secondary N) is 4. The fourth-order valence-electron chi connectivity index (χ4n) is 2.94. The van der Waals surface area contributed by atoms with Gasteiger partial charge in [-0.3, -0.25) is 19.2 Å². The maximum absolute atomic E-state index is 11.1. The number of aliphatic carboxylic acids is 4. The summed E-state index contributed by atoms with van der Waals surface area (Å²) in [5.74, 6) is -4.15. The molecule has 0 spiro atoms. The van der Waals surface area contributed by atoms with E-state index in [0.717, 1.165) is 0 Å². The van der Waals surface area contributed by atoms with Crippen LogP contribution < -0.4 is 21.3 Å². The molecule has 0 saturated carbocycles. The van der Waals surface area contributed by atoms with Crippen LogP contribution >= 0.6 is 0 Å². The molecule has 12 heteroatoms. The van der Waals surface area contributed by atoms with Crippen LogP contribution in [-0.4, -0.2) is 94.6 Å². The zero-order valence-electron chi connectivity index (χ0n) is 15.4. The van der Waals surface area contributed by atoms with Crippen molar-refractivity contribution in [3.63, 3.8) is 0 Å². The molecule has 0 amide bonds. The SMILES string of the molecule is O=C(O)C[C@H]1CN[C@@H](CC(=O)O)CN[C@@H](CC(=O)O)CN[C@@H](CC(=O)O)CN1. The highest BCUT2D eigenvalue weighted by Gasteiger charge is 2.23. The minimum atomic E-state index is -1.04. The Labute approximate surface area is 161 Å². The van der Waals surface area contributed by atoms with Gasteiger partial charge in [-0.15, -0.1) is 0 Å². The summed E-state index contributed by atoms with van der Waals surface area (Å²) in [7, 11) is 0. The van der Waals surface area contributed by atoms with Gasteiger partial charge in [0.05, 0.1) is 25.7 Å². The average molecular weight is 404 g/mol. The Balaban J connectivity index is 2.90. The minimum absolute atomic E-state index is 0.162. The summed E-state index contributed by atoms with van der Waals surface area (Å²) in [5, 5.41) is 48.2. The monoisotopic (exact) mass is 404 g/mol. The highest BCUT2D eigenvalue weighted by atomic mass is 16.4. The highest BCUT2D eigenvalue weighted by Crippen LogP contribution is 2.02. The van der Waals surface area contributed by atoms with Crippen LogP contribution in [0.1, 0.15) is 25.7 Å². The van der Waals surface area contributed by atoms with Crippen LogP contribution in [0.4, 0.5) is 0 Å². The quantitative estimate of drug-likeness (QED) is 0.216. The van der Waals surface area contributed by atoms with Crippen LogP contribution in [0.5, 0.6) is 0 Å². The molecule has 0 radical (unpaired) electrons. The fraction of sp³-hybridized carbons (Fsp3) is 0.750. The molecule has 160 valence electrons. The van der Waals surface area contributed by atoms with Crippen LogP contribution in [0.15, 0.2) is 0 Å². The van der Waals surface area contributed by atoms with Gasteiger partial charge < -0.3 is 41.7 Å². The Bertz CT molecular complexity index is 447. The number of carboxylic acid groups (broad SMARTS) is 4. The molecule has 1 heterocycles. The van der Waals surface area contributed by atoms with E-state index in [1.54, 1.807) is 0 Å². The topological polar surface area (TPSA) is 197 Å². The van der Waals surface area contributed by atoms with Crippen molar-refractivity contribution in [2.24, 2.45) is 0 Å². The zero-order chi connectivity index (χ0) is 21.1. The Morgan fingerprint density at radius 3 is 0.821 bits per heavy atom. The summed E-state index contributed by atoms with van der Waals surface area (Å²) in [6.07, 6.45) is -0.882. The molecule has 12 nitrogen and oxygen atoms in total. The van der Waals surface area contributed by atoms with Gasteiger partial charge in [0.25, 0.3) is 0 Å². The fourth-order valence-corrected chi connectivity index (χ4v) is 2.94. The molecular weight excluding hydrogens is 376 g/mol. The second kappa shape index (κ2) is 12.2. The third-order valence-corrected chi connectivity index (χ3v) is 4.30. The molecule has 1 saturated heterocycles. The Kier molecular flexibility index (Phi) is 10.4. The summed E-state index contributed by atoms with van der Waals surface area (Å²) in [4.78, 5) is 44.3. The maximum atomic E-state index is 11.1. The Morgan fingerprint density at radius 1 is 0.500 bits per heavy atom. The van der Waals surface area contributed by atoms with Gasteiger partial charge in [-0.1, -0.05) is 0 Å². The standard InChI is InChI=1S/C16H28N4O8/c21-13(22)1-9-5-18-11(3-15(25)26)7-20-12(4-16(27)28)8-19-10(6-17-9)2-14(23)24/h9-12,17-20H,1-8H2,(H,21,22)(H,23,24)(H,25,26)(H,27,28)/t9-,10-,11-,12-/m0/s1. The molecule has 0 aromatic heterocycles. The van der Waals surface area contributed by atoms with Crippen LogP contribution in [-0.2, 0) is 19.2 Å². The van der Waals surface area contributed by atoms with Gasteiger partial charge in [0.2, 0.25) is 0 Å². The lowest BCUT2D eigenvalue weighted by atomic mass is 10.1. The van der Waals surface area contributed by atoms with E-state index in [4.69, 9.17) is 20.4 Å². The third kappa shape index (κ3) is 10.8. The van der Waals surface area contributed by atoms with Crippen LogP contribution in [0.2, 0.25) is 0 Å². The van der Waals surface area contributed by atoms with Crippen molar-refractivity contribution in [3.05, 3.63) is 0 Å². The molecule has 0 bridgehead atoms. The predicted molar refractivity (Wildman–Crippen MR) is 96.2 cm³/mol. The van der Waals surface area contributed by atoms with Gasteiger partial charge in [0.15, 0.2) is 0 Å². The number of hydrogen-bond donors (Lipinski definition) is 8. The second-order valence-corrected chi connectivity index (χ2v) is 6.81. The van der Waals surface area contributed by atoms with Gasteiger partial charge in [-0.2, -0.15) is 0 Å². The van der Waals surface area contributed by atoms with Crippen molar-refractivity contribution in [1.29, 1.82) is 0 Å². The summed E-state index contributed by atoms with van der Waals surface area (Å²) >= 11 is 0. The number of hydrogen-bond acceptors (Lipinski definition) is 8. The Morgan fingerprint density at radius 2 is 0.679 bits per heavy atom. The van der Waals surface area contributed by atoms with Crippen molar-refractivity contribution >= 4 is 23.9 Å². The lowest BCUT2D eigenvalue weighted by Crippen LogP contribution is -2.55. The van der Waals surface area contributed by atoms with E-state index in [2.05, 4.69) is 21.3 Å². The molecule has 28 heavy (non-hydrogen) atoms. The minimum Gasteiger partial charge on any atom is -0.481 e. The van der Waals surface area contributed by atoms with Gasteiger partial charge in [0.1, 0.15) is 0 Å². The van der Waals surface area contributed by atoms with Crippen LogP contribution in [0.25, 0.3) is 0 Å². The second-order valence-electron chi connectivity index (χ2n) is 6.81.